The SMILES string of the molecule is O=C(Nc1ccccc1SCc1cc(=O)n2nc(C3CC3)sc2n1)c1cccc(F)c1. The predicted octanol–water partition coefficient (Wildman–Crippen LogP) is 4.71. The second-order valence-corrected chi connectivity index (χ2v) is 9.25. The molecule has 0 atom stereocenters. The van der Waals surface area contributed by atoms with Gasteiger partial charge in [-0.05, 0) is 43.2 Å². The Morgan fingerprint density at radius 1 is 1.19 bits per heavy atom. The van der Waals surface area contributed by atoms with Gasteiger partial charge < -0.3 is 5.32 Å². The first kappa shape index (κ1) is 19.9. The van der Waals surface area contributed by atoms with Crippen molar-refractivity contribution < 1.29 is 9.18 Å². The van der Waals surface area contributed by atoms with Crippen LogP contribution in [0.3, 0.4) is 0 Å². The average Bonchev–Trinajstić information content (AvgIpc) is 3.52. The third kappa shape index (κ3) is 4.38. The number of hydrogen-bond donors (Lipinski definition) is 1. The molecule has 156 valence electrons. The van der Waals surface area contributed by atoms with Crippen molar-refractivity contribution in [1.82, 2.24) is 14.6 Å². The first-order valence-corrected chi connectivity index (χ1v) is 11.6. The summed E-state index contributed by atoms with van der Waals surface area (Å²) >= 11 is 2.94. The Bertz CT molecular complexity index is 1350. The number of carbonyl (C=O) groups is 1. The maximum Gasteiger partial charge on any atom is 0.275 e. The molecule has 1 fully saturated rings. The molecular weight excluding hydrogens is 435 g/mol. The Labute approximate surface area is 185 Å². The lowest BCUT2D eigenvalue weighted by Crippen LogP contribution is -2.15. The van der Waals surface area contributed by atoms with Crippen molar-refractivity contribution in [2.45, 2.75) is 29.4 Å². The van der Waals surface area contributed by atoms with Crippen LogP contribution in [-0.4, -0.2) is 20.5 Å². The molecule has 4 aromatic rings. The summed E-state index contributed by atoms with van der Waals surface area (Å²) in [5.74, 6) is 0.0889. The zero-order chi connectivity index (χ0) is 21.4. The summed E-state index contributed by atoms with van der Waals surface area (Å²) in [5, 5.41) is 8.20. The third-order valence-corrected chi connectivity index (χ3v) is 7.02. The summed E-state index contributed by atoms with van der Waals surface area (Å²) in [6, 6.07) is 14.4. The van der Waals surface area contributed by atoms with Gasteiger partial charge >= 0.3 is 0 Å². The van der Waals surface area contributed by atoms with Crippen molar-refractivity contribution in [3.05, 3.63) is 87.0 Å². The quantitative estimate of drug-likeness (QED) is 0.429. The molecule has 2 aromatic carbocycles. The molecule has 2 heterocycles. The van der Waals surface area contributed by atoms with E-state index in [1.165, 1.54) is 51.9 Å². The number of aromatic nitrogens is 3. The predicted molar refractivity (Wildman–Crippen MR) is 119 cm³/mol. The van der Waals surface area contributed by atoms with E-state index >= 15 is 0 Å². The molecule has 1 saturated carbocycles. The molecule has 1 aliphatic rings. The molecule has 0 saturated heterocycles. The van der Waals surface area contributed by atoms with E-state index in [-0.39, 0.29) is 17.0 Å². The summed E-state index contributed by atoms with van der Waals surface area (Å²) in [6.07, 6.45) is 2.24. The molecule has 0 radical (unpaired) electrons. The molecule has 6 nitrogen and oxygen atoms in total. The van der Waals surface area contributed by atoms with E-state index in [0.717, 1.165) is 22.7 Å². The number of rotatable bonds is 6. The van der Waals surface area contributed by atoms with E-state index in [2.05, 4.69) is 15.4 Å². The maximum absolute atomic E-state index is 13.4. The minimum absolute atomic E-state index is 0.184. The number of thioether (sulfide) groups is 1. The largest absolute Gasteiger partial charge is 0.321 e. The number of hydrogen-bond acceptors (Lipinski definition) is 6. The van der Waals surface area contributed by atoms with Gasteiger partial charge in [-0.2, -0.15) is 9.61 Å². The van der Waals surface area contributed by atoms with Crippen LogP contribution in [0.1, 0.15) is 39.8 Å². The third-order valence-electron chi connectivity index (χ3n) is 4.84. The van der Waals surface area contributed by atoms with Crippen LogP contribution >= 0.6 is 23.1 Å². The molecule has 31 heavy (non-hydrogen) atoms. The molecule has 0 unspecified atom stereocenters. The zero-order valence-electron chi connectivity index (χ0n) is 16.2. The van der Waals surface area contributed by atoms with Crippen LogP contribution < -0.4 is 10.9 Å². The molecule has 1 amide bonds. The van der Waals surface area contributed by atoms with Gasteiger partial charge in [0.2, 0.25) is 4.96 Å². The number of anilines is 1. The van der Waals surface area contributed by atoms with Crippen molar-refractivity contribution in [3.8, 4) is 0 Å². The molecule has 0 aliphatic heterocycles. The fourth-order valence-corrected chi connectivity index (χ4v) is 5.10. The summed E-state index contributed by atoms with van der Waals surface area (Å²) in [7, 11) is 0. The highest BCUT2D eigenvalue weighted by atomic mass is 32.2. The lowest BCUT2D eigenvalue weighted by molar-refractivity contribution is 0.102. The number of carbonyl (C=O) groups excluding carboxylic acids is 1. The lowest BCUT2D eigenvalue weighted by Gasteiger charge is -2.11. The second kappa shape index (κ2) is 8.24. The highest BCUT2D eigenvalue weighted by molar-refractivity contribution is 7.98. The Morgan fingerprint density at radius 3 is 2.84 bits per heavy atom. The molecular formula is C22H17FN4O2S2. The fourth-order valence-electron chi connectivity index (χ4n) is 3.11. The highest BCUT2D eigenvalue weighted by Crippen LogP contribution is 2.41. The van der Waals surface area contributed by atoms with Gasteiger partial charge in [0.25, 0.3) is 11.5 Å². The smallest absolute Gasteiger partial charge is 0.275 e. The topological polar surface area (TPSA) is 76.4 Å². The standard InChI is InChI=1S/C22H17FN4O2S2/c23-15-5-3-4-14(10-15)20(29)25-17-6-1-2-7-18(17)30-12-16-11-19(28)27-22(24-16)31-21(26-27)13-8-9-13/h1-7,10-11,13H,8-9,12H2,(H,25,29). The van der Waals surface area contributed by atoms with Crippen molar-refractivity contribution in [2.75, 3.05) is 5.32 Å². The second-order valence-electron chi connectivity index (χ2n) is 7.24. The van der Waals surface area contributed by atoms with E-state index < -0.39 is 5.82 Å². The summed E-state index contributed by atoms with van der Waals surface area (Å²) < 4.78 is 14.8. The molecule has 1 N–H and O–H groups in total. The van der Waals surface area contributed by atoms with E-state index in [1.807, 2.05) is 18.2 Å². The summed E-state index contributed by atoms with van der Waals surface area (Å²) in [5.41, 5.74) is 1.34. The summed E-state index contributed by atoms with van der Waals surface area (Å²) in [4.78, 5) is 31.0. The van der Waals surface area contributed by atoms with Gasteiger partial charge in [-0.15, -0.1) is 11.8 Å². The van der Waals surface area contributed by atoms with Crippen LogP contribution in [-0.2, 0) is 5.75 Å². The molecule has 0 bridgehead atoms. The number of nitrogens with zero attached hydrogens (tertiary/aromatic N) is 3. The van der Waals surface area contributed by atoms with Gasteiger partial charge in [0.15, 0.2) is 0 Å². The Hall–Kier alpha value is -3.04. The van der Waals surface area contributed by atoms with Gasteiger partial charge in [0.05, 0.1) is 11.4 Å². The Kier molecular flexibility index (Phi) is 5.29. The van der Waals surface area contributed by atoms with Crippen LogP contribution in [0.4, 0.5) is 10.1 Å². The van der Waals surface area contributed by atoms with E-state index in [1.54, 1.807) is 12.1 Å². The number of nitrogens with one attached hydrogen (secondary N) is 1. The minimum Gasteiger partial charge on any atom is -0.321 e. The number of halogens is 1. The van der Waals surface area contributed by atoms with Crippen LogP contribution in [0.15, 0.2) is 64.3 Å². The fraction of sp³-hybridized carbons (Fsp3) is 0.182. The Morgan fingerprint density at radius 2 is 2.03 bits per heavy atom. The maximum atomic E-state index is 13.4. The van der Waals surface area contributed by atoms with Crippen molar-refractivity contribution in [1.29, 1.82) is 0 Å². The molecule has 9 heteroatoms. The van der Waals surface area contributed by atoms with Crippen molar-refractivity contribution >= 4 is 39.7 Å². The number of benzene rings is 2. The van der Waals surface area contributed by atoms with E-state index in [0.29, 0.717) is 28.0 Å². The van der Waals surface area contributed by atoms with Crippen LogP contribution in [0.25, 0.3) is 4.96 Å². The normalized spacial score (nSPS) is 13.5. The Balaban J connectivity index is 1.34. The van der Waals surface area contributed by atoms with E-state index in [4.69, 9.17) is 0 Å². The van der Waals surface area contributed by atoms with Gasteiger partial charge in [0.1, 0.15) is 10.8 Å². The first-order valence-electron chi connectivity index (χ1n) is 9.75. The van der Waals surface area contributed by atoms with Crippen LogP contribution in [0.2, 0.25) is 0 Å². The van der Waals surface area contributed by atoms with Gasteiger partial charge in [-0.1, -0.05) is 29.5 Å². The molecule has 1 aliphatic carbocycles. The van der Waals surface area contributed by atoms with Crippen LogP contribution in [0.5, 0.6) is 0 Å². The monoisotopic (exact) mass is 452 g/mol. The number of para-hydroxylation sites is 1. The van der Waals surface area contributed by atoms with Gasteiger partial charge in [-0.25, -0.2) is 9.37 Å². The minimum atomic E-state index is -0.462. The highest BCUT2D eigenvalue weighted by Gasteiger charge is 2.28. The first-order chi connectivity index (χ1) is 15.1. The number of fused-ring (bicyclic) bond motifs is 1. The lowest BCUT2D eigenvalue weighted by atomic mass is 10.2. The molecule has 5 rings (SSSR count). The number of amides is 1. The van der Waals surface area contributed by atoms with Crippen molar-refractivity contribution in [2.24, 2.45) is 0 Å². The van der Waals surface area contributed by atoms with Gasteiger partial charge in [-0.3, -0.25) is 9.59 Å². The summed E-state index contributed by atoms with van der Waals surface area (Å²) in [6.45, 7) is 0. The molecule has 2 aromatic heterocycles. The van der Waals surface area contributed by atoms with E-state index in [9.17, 15) is 14.0 Å². The van der Waals surface area contributed by atoms with Crippen LogP contribution in [0, 0.1) is 5.82 Å². The van der Waals surface area contributed by atoms with Crippen molar-refractivity contribution in [3.63, 3.8) is 0 Å². The van der Waals surface area contributed by atoms with Gasteiger partial charge in [0, 0.05) is 28.2 Å². The average molecular weight is 453 g/mol. The zero-order valence-corrected chi connectivity index (χ0v) is 17.9. The molecule has 0 spiro atoms.